The van der Waals surface area contributed by atoms with Gasteiger partial charge in [0, 0.05) is 35.8 Å². The van der Waals surface area contributed by atoms with Crippen LogP contribution >= 0.6 is 11.8 Å². The van der Waals surface area contributed by atoms with E-state index in [0.29, 0.717) is 5.75 Å². The number of fused-ring (bicyclic) bond motifs is 1. The molecule has 0 spiro atoms. The van der Waals surface area contributed by atoms with Gasteiger partial charge < -0.3 is 14.8 Å². The van der Waals surface area contributed by atoms with E-state index >= 15 is 0 Å². The van der Waals surface area contributed by atoms with Crippen LogP contribution in [0.3, 0.4) is 0 Å². The quantitative estimate of drug-likeness (QED) is 0.913. The third-order valence-electron chi connectivity index (χ3n) is 4.20. The zero-order valence-corrected chi connectivity index (χ0v) is 15.1. The average Bonchev–Trinajstić information content (AvgIpc) is 3.02. The number of para-hydroxylation sites is 1. The first kappa shape index (κ1) is 16.4. The summed E-state index contributed by atoms with van der Waals surface area (Å²) in [6.45, 7) is 6.20. The molecule has 1 N–H and O–H groups in total. The molecule has 23 heavy (non-hydrogen) atoms. The second-order valence-corrected chi connectivity index (χ2v) is 8.45. The molecule has 0 saturated carbocycles. The molecule has 2 aromatic rings. The number of nitrogens with one attached hydrogen (secondary N) is 1. The molecule has 0 bridgehead atoms. The van der Waals surface area contributed by atoms with Gasteiger partial charge in [0.25, 0.3) is 0 Å². The zero-order chi connectivity index (χ0) is 16.6. The van der Waals surface area contributed by atoms with Crippen molar-refractivity contribution >= 4 is 28.6 Å². The monoisotopic (exact) mass is 331 g/mol. The number of aromatic amines is 1. The first-order valence-corrected chi connectivity index (χ1v) is 9.04. The normalized spacial score (nSPS) is 19.3. The van der Waals surface area contributed by atoms with Gasteiger partial charge in [0.15, 0.2) is 0 Å². The Hall–Kier alpha value is -1.46. The summed E-state index contributed by atoms with van der Waals surface area (Å²) >= 11 is 1.73. The van der Waals surface area contributed by atoms with E-state index in [2.05, 4.69) is 67.1 Å². The van der Waals surface area contributed by atoms with E-state index in [0.717, 1.165) is 18.6 Å². The first-order chi connectivity index (χ1) is 10.9. The van der Waals surface area contributed by atoms with E-state index in [9.17, 15) is 4.79 Å². The van der Waals surface area contributed by atoms with Crippen molar-refractivity contribution in [3.63, 3.8) is 0 Å². The number of benzene rings is 1. The molecule has 1 atom stereocenters. The lowest BCUT2D eigenvalue weighted by Gasteiger charge is -2.35. The molecule has 5 heteroatoms. The van der Waals surface area contributed by atoms with Gasteiger partial charge in [-0.3, -0.25) is 4.79 Å². The molecule has 1 saturated heterocycles. The van der Waals surface area contributed by atoms with Gasteiger partial charge in [-0.15, -0.1) is 11.8 Å². The highest BCUT2D eigenvalue weighted by Gasteiger charge is 2.37. The van der Waals surface area contributed by atoms with Crippen LogP contribution in [-0.2, 0) is 4.79 Å². The van der Waals surface area contributed by atoms with Gasteiger partial charge in [-0.1, -0.05) is 32.0 Å². The lowest BCUT2D eigenvalue weighted by molar-refractivity contribution is -0.129. The predicted octanol–water partition coefficient (Wildman–Crippen LogP) is 3.33. The average molecular weight is 331 g/mol. The standard InChI is InChI=1S/C18H25N3OS/c1-18(2,11-20(3)4)12-21-16(22)10-23-17(21)14-9-19-15-8-6-5-7-13(14)15/h5-9,17,19H,10-12H2,1-4H3. The highest BCUT2D eigenvalue weighted by Crippen LogP contribution is 2.42. The van der Waals surface area contributed by atoms with Crippen molar-refractivity contribution in [2.24, 2.45) is 5.41 Å². The number of rotatable bonds is 5. The second-order valence-electron chi connectivity index (χ2n) is 7.38. The molecule has 1 unspecified atom stereocenters. The molecule has 2 heterocycles. The summed E-state index contributed by atoms with van der Waals surface area (Å²) in [6, 6.07) is 8.31. The lowest BCUT2D eigenvalue weighted by Crippen LogP contribution is -2.41. The summed E-state index contributed by atoms with van der Waals surface area (Å²) in [5.41, 5.74) is 2.42. The van der Waals surface area contributed by atoms with E-state index in [-0.39, 0.29) is 16.7 Å². The van der Waals surface area contributed by atoms with Crippen LogP contribution in [0, 0.1) is 5.41 Å². The van der Waals surface area contributed by atoms with Crippen molar-refractivity contribution in [2.75, 3.05) is 32.9 Å². The van der Waals surface area contributed by atoms with Crippen LogP contribution in [0.25, 0.3) is 10.9 Å². The van der Waals surface area contributed by atoms with Gasteiger partial charge in [0.1, 0.15) is 5.37 Å². The molecule has 1 aliphatic rings. The zero-order valence-electron chi connectivity index (χ0n) is 14.3. The Balaban J connectivity index is 1.88. The van der Waals surface area contributed by atoms with Crippen LogP contribution < -0.4 is 0 Å². The minimum absolute atomic E-state index is 0.0639. The van der Waals surface area contributed by atoms with Gasteiger partial charge in [-0.05, 0) is 25.6 Å². The van der Waals surface area contributed by atoms with Crippen LogP contribution in [0.2, 0.25) is 0 Å². The number of nitrogens with zero attached hydrogens (tertiary/aromatic N) is 2. The lowest BCUT2D eigenvalue weighted by atomic mass is 9.92. The highest BCUT2D eigenvalue weighted by atomic mass is 32.2. The summed E-state index contributed by atoms with van der Waals surface area (Å²) in [7, 11) is 4.17. The SMILES string of the molecule is CN(C)CC(C)(C)CN1C(=O)CSC1c1c[nH]c2ccccc12. The third kappa shape index (κ3) is 3.40. The van der Waals surface area contributed by atoms with E-state index in [1.165, 1.54) is 10.9 Å². The van der Waals surface area contributed by atoms with Gasteiger partial charge in [0.05, 0.1) is 5.75 Å². The fourth-order valence-electron chi connectivity index (χ4n) is 3.55. The Kier molecular flexibility index (Phi) is 4.43. The van der Waals surface area contributed by atoms with Crippen molar-refractivity contribution in [2.45, 2.75) is 19.2 Å². The van der Waals surface area contributed by atoms with Crippen LogP contribution in [0.4, 0.5) is 0 Å². The molecule has 1 aliphatic heterocycles. The van der Waals surface area contributed by atoms with Gasteiger partial charge in [-0.2, -0.15) is 0 Å². The maximum Gasteiger partial charge on any atom is 0.233 e. The molecule has 124 valence electrons. The fraction of sp³-hybridized carbons (Fsp3) is 0.500. The van der Waals surface area contributed by atoms with E-state index < -0.39 is 0 Å². The molecule has 0 radical (unpaired) electrons. The molecule has 1 aromatic heterocycles. The molecule has 4 nitrogen and oxygen atoms in total. The minimum atomic E-state index is 0.0639. The summed E-state index contributed by atoms with van der Waals surface area (Å²) in [4.78, 5) is 20.0. The number of carbonyl (C=O) groups excluding carboxylic acids is 1. The maximum atomic E-state index is 12.5. The van der Waals surface area contributed by atoms with Gasteiger partial charge >= 0.3 is 0 Å². The molecular weight excluding hydrogens is 306 g/mol. The largest absolute Gasteiger partial charge is 0.361 e. The van der Waals surface area contributed by atoms with Crippen molar-refractivity contribution in [3.8, 4) is 0 Å². The summed E-state index contributed by atoms with van der Waals surface area (Å²) in [5, 5.41) is 1.33. The van der Waals surface area contributed by atoms with Crippen molar-refractivity contribution in [1.82, 2.24) is 14.8 Å². The summed E-state index contributed by atoms with van der Waals surface area (Å²) < 4.78 is 0. The molecule has 1 amide bonds. The van der Waals surface area contributed by atoms with Gasteiger partial charge in [-0.25, -0.2) is 0 Å². The number of aromatic nitrogens is 1. The molecule has 1 fully saturated rings. The van der Waals surface area contributed by atoms with Crippen LogP contribution in [-0.4, -0.2) is 53.6 Å². The maximum absolute atomic E-state index is 12.5. The first-order valence-electron chi connectivity index (χ1n) is 7.99. The van der Waals surface area contributed by atoms with Crippen LogP contribution in [0.5, 0.6) is 0 Å². The number of amides is 1. The summed E-state index contributed by atoms with van der Waals surface area (Å²) in [6.07, 6.45) is 2.06. The number of carbonyl (C=O) groups is 1. The number of hydrogen-bond acceptors (Lipinski definition) is 3. The molecule has 1 aromatic carbocycles. The Morgan fingerprint density at radius 1 is 1.35 bits per heavy atom. The van der Waals surface area contributed by atoms with E-state index in [4.69, 9.17) is 0 Å². The molecule has 0 aliphatic carbocycles. The molecular formula is C18H25N3OS. The highest BCUT2D eigenvalue weighted by molar-refractivity contribution is 8.00. The number of hydrogen-bond donors (Lipinski definition) is 1. The van der Waals surface area contributed by atoms with E-state index in [1.807, 2.05) is 6.07 Å². The van der Waals surface area contributed by atoms with Crippen LogP contribution in [0.15, 0.2) is 30.5 Å². The Labute approximate surface area is 142 Å². The fourth-order valence-corrected chi connectivity index (χ4v) is 4.76. The number of H-pyrrole nitrogens is 1. The smallest absolute Gasteiger partial charge is 0.233 e. The van der Waals surface area contributed by atoms with Crippen LogP contribution in [0.1, 0.15) is 24.8 Å². The predicted molar refractivity (Wildman–Crippen MR) is 97.5 cm³/mol. The second kappa shape index (κ2) is 6.21. The van der Waals surface area contributed by atoms with Crippen molar-refractivity contribution in [3.05, 3.63) is 36.0 Å². The topological polar surface area (TPSA) is 39.3 Å². The van der Waals surface area contributed by atoms with Gasteiger partial charge in [0.2, 0.25) is 5.91 Å². The Morgan fingerprint density at radius 2 is 2.09 bits per heavy atom. The Bertz CT molecular complexity index is 707. The third-order valence-corrected chi connectivity index (χ3v) is 5.44. The molecule has 3 rings (SSSR count). The van der Waals surface area contributed by atoms with Crippen molar-refractivity contribution in [1.29, 1.82) is 0 Å². The number of thioether (sulfide) groups is 1. The Morgan fingerprint density at radius 3 is 2.83 bits per heavy atom. The summed E-state index contributed by atoms with van der Waals surface area (Å²) in [5.74, 6) is 0.819. The van der Waals surface area contributed by atoms with Crippen molar-refractivity contribution < 1.29 is 4.79 Å². The van der Waals surface area contributed by atoms with E-state index in [1.54, 1.807) is 11.8 Å². The minimum Gasteiger partial charge on any atom is -0.361 e.